The first-order chi connectivity index (χ1) is 29.8. The summed E-state index contributed by atoms with van der Waals surface area (Å²) in [5.41, 5.74) is 6.00. The second-order valence-electron chi connectivity index (χ2n) is 16.5. The van der Waals surface area contributed by atoms with E-state index in [1.54, 1.807) is 28.4 Å². The topological polar surface area (TPSA) is 118 Å². The Labute approximate surface area is 362 Å². The number of piperidine rings is 1. The van der Waals surface area contributed by atoms with Crippen LogP contribution in [0.2, 0.25) is 0 Å². The van der Waals surface area contributed by atoms with E-state index in [1.807, 2.05) is 31.2 Å². The van der Waals surface area contributed by atoms with E-state index < -0.39 is 6.29 Å². The van der Waals surface area contributed by atoms with Crippen LogP contribution in [0.25, 0.3) is 0 Å². The van der Waals surface area contributed by atoms with Gasteiger partial charge in [-0.3, -0.25) is 9.69 Å². The summed E-state index contributed by atoms with van der Waals surface area (Å²) in [6, 6.07) is 18.9. The normalized spacial score (nSPS) is 24.7. The second kappa shape index (κ2) is 21.2. The molecule has 1 fully saturated rings. The molecule has 4 heterocycles. The number of nitrogens with zero attached hydrogens (tertiary/aromatic N) is 2. The number of aliphatic hydroxyl groups is 1. The molecule has 7 atom stereocenters. The molecule has 3 aromatic rings. The first kappa shape index (κ1) is 44.7. The van der Waals surface area contributed by atoms with E-state index in [2.05, 4.69) is 53.1 Å². The maximum absolute atomic E-state index is 15.3. The van der Waals surface area contributed by atoms with Gasteiger partial charge < -0.3 is 47.9 Å². The molecule has 0 radical (unpaired) electrons. The number of benzene rings is 3. The standard InChI is InChI=1S/C49H66N2O10/c1-7-32-31-50-17-14-34-26-43(54-3)45(56-5)29-39(34)41(50)24-36(32)25-42-40-30-46(57-6)44(55-4)27-35(40)15-18-51(42)48(53)47-28-38(33-12-10-9-11-13-33)37(49(61-47)60-8-2)16-20-58-22-23-59-21-19-52/h9-13,26-30,32,36-38,41-42,49,52H,7-8,14-25,31H2,1-6H3. The molecule has 0 aromatic heterocycles. The molecule has 0 bridgehead atoms. The van der Waals surface area contributed by atoms with E-state index in [4.69, 9.17) is 43.0 Å². The van der Waals surface area contributed by atoms with Crippen molar-refractivity contribution in [1.82, 2.24) is 9.80 Å². The number of carbonyl (C=O) groups excluding carboxylic acids is 1. The van der Waals surface area contributed by atoms with Crippen LogP contribution in [-0.2, 0) is 36.6 Å². The monoisotopic (exact) mass is 842 g/mol. The Morgan fingerprint density at radius 2 is 1.43 bits per heavy atom. The van der Waals surface area contributed by atoms with Crippen LogP contribution in [-0.4, -0.2) is 115 Å². The van der Waals surface area contributed by atoms with E-state index in [0.29, 0.717) is 74.9 Å². The number of allylic oxidation sites excluding steroid dienone is 1. The lowest BCUT2D eigenvalue weighted by Crippen LogP contribution is -2.48. The van der Waals surface area contributed by atoms with Crippen LogP contribution < -0.4 is 18.9 Å². The maximum Gasteiger partial charge on any atom is 0.289 e. The molecule has 0 saturated carbocycles. The minimum Gasteiger partial charge on any atom is -0.493 e. The fraction of sp³-hybridized carbons (Fsp3) is 0.571. The van der Waals surface area contributed by atoms with Crippen molar-refractivity contribution >= 4 is 5.91 Å². The Morgan fingerprint density at radius 3 is 2.08 bits per heavy atom. The molecular weight excluding hydrogens is 777 g/mol. The zero-order valence-electron chi connectivity index (χ0n) is 36.9. The summed E-state index contributed by atoms with van der Waals surface area (Å²) in [5.74, 6) is 3.62. The molecular formula is C49H66N2O10. The van der Waals surface area contributed by atoms with Gasteiger partial charge in [0.25, 0.3) is 5.91 Å². The molecule has 1 N–H and O–H groups in total. The molecule has 0 aliphatic carbocycles. The summed E-state index contributed by atoms with van der Waals surface area (Å²) in [6.07, 6.45) is 6.51. The van der Waals surface area contributed by atoms with Crippen LogP contribution in [0.3, 0.4) is 0 Å². The van der Waals surface area contributed by atoms with E-state index in [0.717, 1.165) is 61.4 Å². The average Bonchev–Trinajstić information content (AvgIpc) is 3.30. The van der Waals surface area contributed by atoms with Crippen LogP contribution >= 0.6 is 0 Å². The van der Waals surface area contributed by atoms with Crippen LogP contribution in [0.5, 0.6) is 23.0 Å². The molecule has 3 aromatic carbocycles. The fourth-order valence-corrected chi connectivity index (χ4v) is 10.3. The van der Waals surface area contributed by atoms with Crippen molar-refractivity contribution in [2.24, 2.45) is 17.8 Å². The lowest BCUT2D eigenvalue weighted by molar-refractivity contribution is -0.173. The average molecular weight is 843 g/mol. The molecule has 61 heavy (non-hydrogen) atoms. The van der Waals surface area contributed by atoms with Gasteiger partial charge in [-0.15, -0.1) is 0 Å². The molecule has 12 nitrogen and oxygen atoms in total. The number of hydrogen-bond donors (Lipinski definition) is 1. The zero-order valence-corrected chi connectivity index (χ0v) is 36.9. The largest absolute Gasteiger partial charge is 0.493 e. The zero-order chi connectivity index (χ0) is 42.9. The van der Waals surface area contributed by atoms with Gasteiger partial charge in [0.15, 0.2) is 28.8 Å². The highest BCUT2D eigenvalue weighted by Crippen LogP contribution is 2.50. The molecule has 0 spiro atoms. The van der Waals surface area contributed by atoms with Crippen molar-refractivity contribution in [3.63, 3.8) is 0 Å². The second-order valence-corrected chi connectivity index (χ2v) is 16.5. The highest BCUT2D eigenvalue weighted by atomic mass is 16.7. The molecule has 1 amide bonds. The number of amides is 1. The highest BCUT2D eigenvalue weighted by Gasteiger charge is 2.45. The van der Waals surface area contributed by atoms with Gasteiger partial charge in [-0.05, 0) is 109 Å². The van der Waals surface area contributed by atoms with Crippen molar-refractivity contribution in [3.8, 4) is 23.0 Å². The molecule has 12 heteroatoms. The maximum atomic E-state index is 15.3. The van der Waals surface area contributed by atoms with Crippen molar-refractivity contribution in [2.45, 2.75) is 76.7 Å². The number of aliphatic hydroxyl groups excluding tert-OH is 1. The Bertz CT molecular complexity index is 1940. The smallest absolute Gasteiger partial charge is 0.289 e. The van der Waals surface area contributed by atoms with Gasteiger partial charge in [-0.25, -0.2) is 0 Å². The van der Waals surface area contributed by atoms with Crippen LogP contribution in [0.15, 0.2) is 66.4 Å². The van der Waals surface area contributed by atoms with Crippen molar-refractivity contribution in [2.75, 3.05) is 87.7 Å². The summed E-state index contributed by atoms with van der Waals surface area (Å²) in [5, 5.41) is 9.05. The molecule has 4 aliphatic rings. The predicted molar refractivity (Wildman–Crippen MR) is 232 cm³/mol. The number of methoxy groups -OCH3 is 4. The van der Waals surface area contributed by atoms with E-state index in [1.165, 1.54) is 16.7 Å². The Kier molecular flexibility index (Phi) is 15.5. The van der Waals surface area contributed by atoms with Gasteiger partial charge in [0.05, 0.1) is 60.9 Å². The van der Waals surface area contributed by atoms with Gasteiger partial charge in [0.1, 0.15) is 0 Å². The molecule has 7 rings (SSSR count). The number of fused-ring (bicyclic) bond motifs is 4. The molecule has 4 aliphatic heterocycles. The fourth-order valence-electron chi connectivity index (χ4n) is 10.3. The first-order valence-electron chi connectivity index (χ1n) is 22.2. The minimum absolute atomic E-state index is 0.0182. The predicted octanol–water partition coefficient (Wildman–Crippen LogP) is 7.27. The van der Waals surface area contributed by atoms with Gasteiger partial charge in [-0.1, -0.05) is 43.7 Å². The van der Waals surface area contributed by atoms with E-state index in [-0.39, 0.29) is 43.0 Å². The number of hydrogen-bond acceptors (Lipinski definition) is 11. The van der Waals surface area contributed by atoms with Crippen molar-refractivity contribution in [1.29, 1.82) is 0 Å². The Hall–Kier alpha value is -4.33. The van der Waals surface area contributed by atoms with Crippen LogP contribution in [0, 0.1) is 17.8 Å². The Balaban J connectivity index is 1.22. The first-order valence-corrected chi connectivity index (χ1v) is 22.2. The van der Waals surface area contributed by atoms with Crippen molar-refractivity contribution in [3.05, 3.63) is 94.2 Å². The lowest BCUT2D eigenvalue weighted by Gasteiger charge is -2.49. The number of ether oxygens (including phenoxy) is 8. The van der Waals surface area contributed by atoms with Gasteiger partial charge >= 0.3 is 0 Å². The van der Waals surface area contributed by atoms with E-state index >= 15 is 4.79 Å². The van der Waals surface area contributed by atoms with Crippen molar-refractivity contribution < 1.29 is 47.8 Å². The Morgan fingerprint density at radius 1 is 0.787 bits per heavy atom. The third-order valence-corrected chi connectivity index (χ3v) is 13.4. The lowest BCUT2D eigenvalue weighted by atomic mass is 9.72. The van der Waals surface area contributed by atoms with E-state index in [9.17, 15) is 0 Å². The summed E-state index contributed by atoms with van der Waals surface area (Å²) in [7, 11) is 6.74. The number of carbonyl (C=O) groups is 1. The van der Waals surface area contributed by atoms with Crippen LogP contribution in [0.1, 0.15) is 85.3 Å². The minimum atomic E-state index is -0.649. The third kappa shape index (κ3) is 9.84. The quantitative estimate of drug-likeness (QED) is 0.123. The highest BCUT2D eigenvalue weighted by molar-refractivity contribution is 5.92. The van der Waals surface area contributed by atoms with Gasteiger partial charge in [-0.2, -0.15) is 0 Å². The SMILES string of the molecule is CCOC1OC(C(=O)N2CCc3cc(OC)c(OC)cc3C2CC2CC3c4cc(OC)c(OC)cc4CCN3CC2CC)=CC(c2ccccc2)C1CCOCCOCCO. The van der Waals surface area contributed by atoms with Gasteiger partial charge in [0, 0.05) is 50.7 Å². The van der Waals surface area contributed by atoms with Crippen LogP contribution in [0.4, 0.5) is 0 Å². The summed E-state index contributed by atoms with van der Waals surface area (Å²) in [6.45, 7) is 8.81. The summed E-state index contributed by atoms with van der Waals surface area (Å²) in [4.78, 5) is 20.0. The summed E-state index contributed by atoms with van der Waals surface area (Å²) >= 11 is 0. The molecule has 332 valence electrons. The summed E-state index contributed by atoms with van der Waals surface area (Å²) < 4.78 is 47.5. The molecule has 1 saturated heterocycles. The van der Waals surface area contributed by atoms with Gasteiger partial charge in [0.2, 0.25) is 6.29 Å². The molecule has 7 unspecified atom stereocenters. The third-order valence-electron chi connectivity index (χ3n) is 13.4. The number of rotatable bonds is 19.